The van der Waals surface area contributed by atoms with Crippen molar-refractivity contribution in [2.75, 3.05) is 13.2 Å². The molecule has 0 aromatic carbocycles. The van der Waals surface area contributed by atoms with Crippen molar-refractivity contribution in [3.05, 3.63) is 11.6 Å². The lowest BCUT2D eigenvalue weighted by molar-refractivity contribution is -0.179. The predicted molar refractivity (Wildman–Crippen MR) is 112 cm³/mol. The number of ether oxygens (including phenoxy) is 1. The van der Waals surface area contributed by atoms with Crippen molar-refractivity contribution in [2.24, 2.45) is 51.8 Å². The number of nitrogens with zero attached hydrogens (tertiary/aromatic N) is 1. The van der Waals surface area contributed by atoms with Gasteiger partial charge in [-0.15, -0.1) is 0 Å². The van der Waals surface area contributed by atoms with Gasteiger partial charge in [0.05, 0.1) is 18.1 Å². The van der Waals surface area contributed by atoms with Crippen LogP contribution in [-0.2, 0) is 9.53 Å². The summed E-state index contributed by atoms with van der Waals surface area (Å²) in [5, 5.41) is 21.5. The SMILES string of the molecule is CC(C)CCOC[C@]12CC3C(C)CCC3[C@@]3(C#N)C[C@@H]1C=C(C(C)C)[C@@]23C(=O)O. The Kier molecular flexibility index (Phi) is 4.93. The number of aliphatic carboxylic acids is 1. The summed E-state index contributed by atoms with van der Waals surface area (Å²) in [6.45, 7) is 12.0. The lowest BCUT2D eigenvalue weighted by atomic mass is 9.43. The Balaban J connectivity index is 1.84. The quantitative estimate of drug-likeness (QED) is 0.466. The first-order valence-electron chi connectivity index (χ1n) is 11.6. The fourth-order valence-electron chi connectivity index (χ4n) is 8.11. The van der Waals surface area contributed by atoms with E-state index in [-0.39, 0.29) is 17.8 Å². The molecule has 0 saturated heterocycles. The molecule has 4 nitrogen and oxygen atoms in total. The van der Waals surface area contributed by atoms with Gasteiger partial charge in [-0.05, 0) is 61.2 Å². The molecule has 0 aliphatic heterocycles. The third-order valence-electron chi connectivity index (χ3n) is 9.24. The predicted octanol–water partition coefficient (Wildman–Crippen LogP) is 5.30. The highest BCUT2D eigenvalue weighted by Crippen LogP contribution is 2.83. The molecule has 29 heavy (non-hydrogen) atoms. The van der Waals surface area contributed by atoms with Crippen LogP contribution in [0.3, 0.4) is 0 Å². The van der Waals surface area contributed by atoms with Crippen molar-refractivity contribution >= 4 is 5.97 Å². The van der Waals surface area contributed by atoms with Crippen LogP contribution in [0.4, 0.5) is 0 Å². The number of carboxylic acid groups (broad SMARTS) is 1. The van der Waals surface area contributed by atoms with Crippen molar-refractivity contribution in [1.82, 2.24) is 0 Å². The van der Waals surface area contributed by atoms with Gasteiger partial charge in [0.2, 0.25) is 0 Å². The summed E-state index contributed by atoms with van der Waals surface area (Å²) >= 11 is 0. The maximum atomic E-state index is 13.2. The fourth-order valence-corrected chi connectivity index (χ4v) is 8.11. The van der Waals surface area contributed by atoms with Gasteiger partial charge in [-0.3, -0.25) is 4.79 Å². The molecular weight excluding hydrogens is 362 g/mol. The first kappa shape index (κ1) is 20.9. The van der Waals surface area contributed by atoms with E-state index in [0.717, 1.165) is 31.3 Å². The number of hydrogen-bond acceptors (Lipinski definition) is 3. The molecule has 0 aromatic rings. The van der Waals surface area contributed by atoms with Crippen LogP contribution in [0.25, 0.3) is 0 Å². The van der Waals surface area contributed by atoms with Gasteiger partial charge in [0.25, 0.3) is 0 Å². The first-order valence-corrected chi connectivity index (χ1v) is 11.6. The second kappa shape index (κ2) is 6.84. The van der Waals surface area contributed by atoms with Gasteiger partial charge in [-0.25, -0.2) is 0 Å². The largest absolute Gasteiger partial charge is 0.481 e. The maximum absolute atomic E-state index is 13.2. The summed E-state index contributed by atoms with van der Waals surface area (Å²) < 4.78 is 6.26. The summed E-state index contributed by atoms with van der Waals surface area (Å²) in [6, 6.07) is 2.70. The number of carbonyl (C=O) groups is 1. The Hall–Kier alpha value is -1.34. The second-order valence-corrected chi connectivity index (χ2v) is 11.1. The fraction of sp³-hybridized carbons (Fsp3) is 0.840. The van der Waals surface area contributed by atoms with E-state index < -0.39 is 22.2 Å². The normalized spacial score (nSPS) is 44.8. The number of rotatable bonds is 7. The molecule has 4 rings (SSSR count). The van der Waals surface area contributed by atoms with E-state index in [0.29, 0.717) is 37.4 Å². The Morgan fingerprint density at radius 3 is 2.62 bits per heavy atom. The first-order chi connectivity index (χ1) is 13.7. The molecule has 4 aliphatic carbocycles. The van der Waals surface area contributed by atoms with E-state index in [4.69, 9.17) is 4.74 Å². The van der Waals surface area contributed by atoms with E-state index in [9.17, 15) is 15.2 Å². The molecule has 0 amide bonds. The lowest BCUT2D eigenvalue weighted by Crippen LogP contribution is -2.62. The highest BCUT2D eigenvalue weighted by atomic mass is 16.5. The monoisotopic (exact) mass is 399 g/mol. The summed E-state index contributed by atoms with van der Waals surface area (Å²) in [7, 11) is 0. The van der Waals surface area contributed by atoms with Crippen molar-refractivity contribution in [3.63, 3.8) is 0 Å². The number of nitriles is 1. The molecule has 0 spiro atoms. The Morgan fingerprint density at radius 2 is 2.03 bits per heavy atom. The molecule has 0 aromatic heterocycles. The minimum atomic E-state index is -1.09. The third kappa shape index (κ3) is 2.37. The summed E-state index contributed by atoms with van der Waals surface area (Å²) in [5.74, 6) is 1.28. The van der Waals surface area contributed by atoms with Crippen LogP contribution in [0.5, 0.6) is 0 Å². The summed E-state index contributed by atoms with van der Waals surface area (Å²) in [5.41, 5.74) is -1.33. The minimum Gasteiger partial charge on any atom is -0.481 e. The molecule has 3 fully saturated rings. The number of carboxylic acids is 1. The number of allylic oxidation sites excluding steroid dienone is 1. The van der Waals surface area contributed by atoms with Crippen molar-refractivity contribution < 1.29 is 14.6 Å². The molecule has 1 N–H and O–H groups in total. The molecule has 4 bridgehead atoms. The van der Waals surface area contributed by atoms with Crippen LogP contribution in [0.15, 0.2) is 11.6 Å². The number of fused-ring (bicyclic) bond motifs is 2. The van der Waals surface area contributed by atoms with E-state index in [1.54, 1.807) is 0 Å². The van der Waals surface area contributed by atoms with Crippen LogP contribution >= 0.6 is 0 Å². The summed E-state index contributed by atoms with van der Waals surface area (Å²) in [6.07, 6.45) is 6.95. The van der Waals surface area contributed by atoms with Crippen molar-refractivity contribution in [3.8, 4) is 6.07 Å². The molecule has 0 heterocycles. The number of hydrogen-bond donors (Lipinski definition) is 1. The third-order valence-corrected chi connectivity index (χ3v) is 9.24. The molecule has 4 aliphatic rings. The average molecular weight is 400 g/mol. The molecule has 4 heteroatoms. The van der Waals surface area contributed by atoms with Gasteiger partial charge in [-0.2, -0.15) is 5.26 Å². The molecule has 3 saturated carbocycles. The molecule has 3 unspecified atom stereocenters. The van der Waals surface area contributed by atoms with Crippen LogP contribution < -0.4 is 0 Å². The van der Waals surface area contributed by atoms with Crippen LogP contribution in [0, 0.1) is 63.1 Å². The van der Waals surface area contributed by atoms with Gasteiger partial charge in [-0.1, -0.05) is 52.7 Å². The van der Waals surface area contributed by atoms with Crippen LogP contribution in [-0.4, -0.2) is 24.3 Å². The van der Waals surface area contributed by atoms with Crippen molar-refractivity contribution in [1.29, 1.82) is 5.26 Å². The van der Waals surface area contributed by atoms with E-state index in [2.05, 4.69) is 46.8 Å². The smallest absolute Gasteiger partial charge is 0.316 e. The molecular formula is C25H37NO3. The van der Waals surface area contributed by atoms with Crippen LogP contribution in [0.2, 0.25) is 0 Å². The van der Waals surface area contributed by atoms with E-state index in [1.807, 2.05) is 0 Å². The molecule has 160 valence electrons. The Morgan fingerprint density at radius 1 is 1.31 bits per heavy atom. The average Bonchev–Trinajstić information content (AvgIpc) is 3.22. The van der Waals surface area contributed by atoms with Crippen molar-refractivity contribution in [2.45, 2.75) is 66.7 Å². The molecule has 7 atom stereocenters. The highest BCUT2D eigenvalue weighted by Gasteiger charge is 2.84. The van der Waals surface area contributed by atoms with E-state index in [1.165, 1.54) is 0 Å². The summed E-state index contributed by atoms with van der Waals surface area (Å²) in [4.78, 5) is 13.2. The molecule has 0 radical (unpaired) electrons. The standard InChI is InChI=1S/C25H37NO3/c1-15(2)8-9-29-14-24-12-19-17(5)6-7-20(19)23(13-26)11-18(24)10-21(16(3)4)25(23,24)22(27)28/h10,15-20H,6-9,11-12,14H2,1-5H3,(H,27,28)/t17?,18-,19?,20?,23-,24+,25-/m0/s1. The topological polar surface area (TPSA) is 70.3 Å². The maximum Gasteiger partial charge on any atom is 0.316 e. The van der Waals surface area contributed by atoms with Gasteiger partial charge >= 0.3 is 5.97 Å². The zero-order chi connectivity index (χ0) is 21.2. The zero-order valence-corrected chi connectivity index (χ0v) is 18.7. The Labute approximate surface area is 175 Å². The van der Waals surface area contributed by atoms with E-state index >= 15 is 0 Å². The van der Waals surface area contributed by atoms with Gasteiger partial charge < -0.3 is 9.84 Å². The minimum absolute atomic E-state index is 0.134. The zero-order valence-electron chi connectivity index (χ0n) is 18.7. The lowest BCUT2D eigenvalue weighted by Gasteiger charge is -2.57. The highest BCUT2D eigenvalue weighted by molar-refractivity contribution is 5.85. The van der Waals surface area contributed by atoms with Gasteiger partial charge in [0.15, 0.2) is 0 Å². The Bertz CT molecular complexity index is 765. The second-order valence-electron chi connectivity index (χ2n) is 11.1. The van der Waals surface area contributed by atoms with Gasteiger partial charge in [0, 0.05) is 12.0 Å². The van der Waals surface area contributed by atoms with Crippen LogP contribution in [0.1, 0.15) is 66.7 Å². The van der Waals surface area contributed by atoms with Gasteiger partial charge in [0.1, 0.15) is 5.41 Å².